The minimum Gasteiger partial charge on any atom is -0.369 e. The molecule has 0 saturated heterocycles. The third kappa shape index (κ3) is 3.25. The molecule has 0 fully saturated rings. The number of nitrogens with one attached hydrogen (secondary N) is 1. The van der Waals surface area contributed by atoms with Gasteiger partial charge in [-0.15, -0.1) is 0 Å². The lowest BCUT2D eigenvalue weighted by Crippen LogP contribution is -2.20. The highest BCUT2D eigenvalue weighted by atomic mass is 15.1. The van der Waals surface area contributed by atoms with Gasteiger partial charge in [0.15, 0.2) is 5.82 Å². The van der Waals surface area contributed by atoms with Crippen LogP contribution in [0.25, 0.3) is 28.1 Å². The highest BCUT2D eigenvalue weighted by molar-refractivity contribution is 5.90. The van der Waals surface area contributed by atoms with Crippen LogP contribution >= 0.6 is 0 Å². The third-order valence-electron chi connectivity index (χ3n) is 4.22. The van der Waals surface area contributed by atoms with Gasteiger partial charge in [-0.05, 0) is 36.1 Å². The molecule has 0 radical (unpaired) electrons. The van der Waals surface area contributed by atoms with Gasteiger partial charge in [-0.1, -0.05) is 39.0 Å². The van der Waals surface area contributed by atoms with E-state index >= 15 is 0 Å². The molecule has 0 unspecified atom stereocenters. The van der Waals surface area contributed by atoms with Gasteiger partial charge in [0.25, 0.3) is 0 Å². The Kier molecular flexibility index (Phi) is 3.87. The molecule has 0 saturated carbocycles. The summed E-state index contributed by atoms with van der Waals surface area (Å²) >= 11 is 0. The number of para-hydroxylation sites is 1. The summed E-state index contributed by atoms with van der Waals surface area (Å²) in [6.45, 7) is 9.51. The maximum atomic E-state index is 4.79. The van der Waals surface area contributed by atoms with Crippen LogP contribution in [0.1, 0.15) is 26.3 Å². The average molecular weight is 345 g/mol. The Morgan fingerprint density at radius 2 is 1.77 bits per heavy atom. The normalized spacial score (nSPS) is 12.0. The molecule has 132 valence electrons. The van der Waals surface area contributed by atoms with Gasteiger partial charge in [-0.25, -0.2) is 15.0 Å². The van der Waals surface area contributed by atoms with Crippen LogP contribution < -0.4 is 5.32 Å². The number of anilines is 1. The minimum absolute atomic E-state index is 0.160. The molecule has 0 bridgehead atoms. The molecule has 1 N–H and O–H groups in total. The van der Waals surface area contributed by atoms with Gasteiger partial charge < -0.3 is 9.72 Å². The fourth-order valence-electron chi connectivity index (χ4n) is 2.89. The summed E-state index contributed by atoms with van der Waals surface area (Å²) in [4.78, 5) is 14.2. The molecule has 4 rings (SSSR count). The van der Waals surface area contributed by atoms with E-state index in [1.54, 1.807) is 0 Å². The molecule has 3 aromatic heterocycles. The number of pyridine rings is 1. The number of hydrogen-bond acceptors (Lipinski definition) is 4. The number of rotatable bonds is 3. The maximum Gasteiger partial charge on any atom is 0.182 e. The average Bonchev–Trinajstić information content (AvgIpc) is 3.02. The van der Waals surface area contributed by atoms with Gasteiger partial charge in [-0.3, -0.25) is 0 Å². The summed E-state index contributed by atoms with van der Waals surface area (Å²) in [6.07, 6.45) is 4.05. The Bertz CT molecular complexity index is 1090. The lowest BCUT2D eigenvalue weighted by Gasteiger charge is -2.20. The van der Waals surface area contributed by atoms with Crippen molar-refractivity contribution in [1.82, 2.24) is 19.4 Å². The van der Waals surface area contributed by atoms with E-state index in [-0.39, 0.29) is 5.41 Å². The Morgan fingerprint density at radius 3 is 2.58 bits per heavy atom. The first-order valence-electron chi connectivity index (χ1n) is 8.85. The number of aromatic nitrogens is 4. The van der Waals surface area contributed by atoms with Crippen LogP contribution in [-0.4, -0.2) is 25.9 Å². The van der Waals surface area contributed by atoms with Gasteiger partial charge in [0.05, 0.1) is 5.52 Å². The molecule has 4 aromatic rings. The number of aryl methyl sites for hydroxylation is 1. The van der Waals surface area contributed by atoms with E-state index in [0.29, 0.717) is 5.82 Å². The number of nitrogens with zero attached hydrogens (tertiary/aromatic N) is 4. The second-order valence-corrected chi connectivity index (χ2v) is 7.93. The van der Waals surface area contributed by atoms with Gasteiger partial charge in [0.1, 0.15) is 17.2 Å². The van der Waals surface area contributed by atoms with E-state index in [0.717, 1.165) is 34.6 Å². The van der Waals surface area contributed by atoms with Crippen molar-refractivity contribution in [3.8, 4) is 11.5 Å². The van der Waals surface area contributed by atoms with E-state index in [9.17, 15) is 0 Å². The van der Waals surface area contributed by atoms with Crippen molar-refractivity contribution < 1.29 is 0 Å². The maximum absolute atomic E-state index is 4.79. The number of imidazole rings is 1. The quantitative estimate of drug-likeness (QED) is 0.584. The molecule has 1 aromatic carbocycles. The fourth-order valence-corrected chi connectivity index (χ4v) is 2.89. The molecule has 0 atom stereocenters. The van der Waals surface area contributed by atoms with Crippen LogP contribution in [0.5, 0.6) is 0 Å². The predicted molar refractivity (Wildman–Crippen MR) is 106 cm³/mol. The molecule has 0 aliphatic heterocycles. The lowest BCUT2D eigenvalue weighted by atomic mass is 9.97. The van der Waals surface area contributed by atoms with Crippen LogP contribution in [0.4, 0.5) is 5.82 Å². The van der Waals surface area contributed by atoms with E-state index in [1.165, 1.54) is 5.56 Å². The molecule has 0 aliphatic carbocycles. The Morgan fingerprint density at radius 1 is 0.962 bits per heavy atom. The number of benzene rings is 1. The van der Waals surface area contributed by atoms with Crippen molar-refractivity contribution in [2.45, 2.75) is 27.7 Å². The minimum atomic E-state index is 0.160. The topological polar surface area (TPSA) is 55.1 Å². The van der Waals surface area contributed by atoms with Crippen molar-refractivity contribution in [3.05, 3.63) is 54.4 Å². The number of fused-ring (bicyclic) bond motifs is 2. The lowest BCUT2D eigenvalue weighted by molar-refractivity contribution is 0.442. The molecule has 26 heavy (non-hydrogen) atoms. The summed E-state index contributed by atoms with van der Waals surface area (Å²) in [5, 5.41) is 4.52. The third-order valence-corrected chi connectivity index (χ3v) is 4.22. The molecule has 3 heterocycles. The molecule has 5 heteroatoms. The summed E-state index contributed by atoms with van der Waals surface area (Å²) in [5.74, 6) is 1.50. The molecular formula is C21H23N5. The van der Waals surface area contributed by atoms with Crippen molar-refractivity contribution >= 4 is 22.4 Å². The summed E-state index contributed by atoms with van der Waals surface area (Å²) in [7, 11) is 0. The molecule has 5 nitrogen and oxygen atoms in total. The molecule has 0 spiro atoms. The number of hydrogen-bond donors (Lipinski definition) is 1. The first-order chi connectivity index (χ1) is 12.4. The largest absolute Gasteiger partial charge is 0.369 e. The van der Waals surface area contributed by atoms with Gasteiger partial charge >= 0.3 is 0 Å². The highest BCUT2D eigenvalue weighted by Crippen LogP contribution is 2.26. The zero-order chi connectivity index (χ0) is 18.3. The summed E-state index contributed by atoms with van der Waals surface area (Å²) < 4.78 is 2.02. The van der Waals surface area contributed by atoms with Gasteiger partial charge in [-0.2, -0.15) is 0 Å². The summed E-state index contributed by atoms with van der Waals surface area (Å²) in [5.41, 5.74) is 3.94. The summed E-state index contributed by atoms with van der Waals surface area (Å²) in [6, 6.07) is 12.2. The zero-order valence-electron chi connectivity index (χ0n) is 15.6. The van der Waals surface area contributed by atoms with Crippen LogP contribution in [-0.2, 0) is 0 Å². The van der Waals surface area contributed by atoms with Crippen molar-refractivity contribution in [1.29, 1.82) is 0 Å². The monoisotopic (exact) mass is 345 g/mol. The van der Waals surface area contributed by atoms with E-state index in [1.807, 2.05) is 34.9 Å². The van der Waals surface area contributed by atoms with Crippen LogP contribution in [0.2, 0.25) is 0 Å². The van der Waals surface area contributed by atoms with Crippen LogP contribution in [0.3, 0.4) is 0 Å². The molecule has 0 amide bonds. The first-order valence-corrected chi connectivity index (χ1v) is 8.85. The van der Waals surface area contributed by atoms with Gasteiger partial charge in [0.2, 0.25) is 0 Å². The van der Waals surface area contributed by atoms with E-state index < -0.39 is 0 Å². The Labute approximate surface area is 153 Å². The van der Waals surface area contributed by atoms with E-state index in [4.69, 9.17) is 15.0 Å². The van der Waals surface area contributed by atoms with Crippen LogP contribution in [0.15, 0.2) is 48.8 Å². The zero-order valence-corrected chi connectivity index (χ0v) is 15.6. The van der Waals surface area contributed by atoms with Gasteiger partial charge in [0, 0.05) is 24.3 Å². The second kappa shape index (κ2) is 6.09. The smallest absolute Gasteiger partial charge is 0.182 e. The van der Waals surface area contributed by atoms with Crippen LogP contribution in [0, 0.1) is 12.3 Å². The van der Waals surface area contributed by atoms with Crippen molar-refractivity contribution in [2.75, 3.05) is 11.9 Å². The molecule has 0 aliphatic rings. The van der Waals surface area contributed by atoms with E-state index in [2.05, 4.69) is 51.3 Å². The highest BCUT2D eigenvalue weighted by Gasteiger charge is 2.15. The molecular weight excluding hydrogens is 322 g/mol. The van der Waals surface area contributed by atoms with Crippen molar-refractivity contribution in [2.24, 2.45) is 5.41 Å². The second-order valence-electron chi connectivity index (χ2n) is 7.93. The standard InChI is InChI=1S/C21H23N5/c1-14-9-10-18-23-17(12-26(18)11-14)20-24-16-8-6-5-7-15(16)19(25-20)22-13-21(2,3)4/h5-12H,13H2,1-4H3,(H,22,24,25). The fraction of sp³-hybridized carbons (Fsp3) is 0.286. The first kappa shape index (κ1) is 16.5. The van der Waals surface area contributed by atoms with Crippen molar-refractivity contribution in [3.63, 3.8) is 0 Å². The Balaban J connectivity index is 1.83. The SMILES string of the molecule is Cc1ccc2nc(-c3nc(NCC(C)(C)C)c4ccccc4n3)cn2c1. The predicted octanol–water partition coefficient (Wildman–Crippen LogP) is 4.71. The Hall–Kier alpha value is -2.95.